The van der Waals surface area contributed by atoms with Gasteiger partial charge >= 0.3 is 0 Å². The maximum absolute atomic E-state index is 10.9. The molecule has 1 aromatic carbocycles. The molecule has 0 N–H and O–H groups in total. The number of carbonyl (C=O) groups is 1. The fourth-order valence-electron chi connectivity index (χ4n) is 1.49. The number of aryl methyl sites for hydroxylation is 1. The van der Waals surface area contributed by atoms with Crippen LogP contribution in [0.5, 0.6) is 11.5 Å². The van der Waals surface area contributed by atoms with E-state index in [-0.39, 0.29) is 12.1 Å². The number of hydrogen-bond acceptors (Lipinski definition) is 5. The molecule has 92 valence electrons. The average Bonchev–Trinajstić information content (AvgIpc) is 2.34. The van der Waals surface area contributed by atoms with Crippen LogP contribution in [0.2, 0.25) is 0 Å². The summed E-state index contributed by atoms with van der Waals surface area (Å²) in [5, 5.41) is 10.9. The van der Waals surface area contributed by atoms with Crippen LogP contribution in [-0.4, -0.2) is 25.4 Å². The van der Waals surface area contributed by atoms with Crippen LogP contribution in [-0.2, 0) is 11.2 Å². The van der Waals surface area contributed by atoms with E-state index >= 15 is 0 Å². The third-order valence-electron chi connectivity index (χ3n) is 2.31. The Labute approximate surface area is 98.3 Å². The third kappa shape index (κ3) is 2.93. The number of nitro groups is 1. The fraction of sp³-hybridized carbons (Fsp3) is 0.364. The van der Waals surface area contributed by atoms with E-state index in [0.717, 1.165) is 6.29 Å². The summed E-state index contributed by atoms with van der Waals surface area (Å²) in [7, 11) is 2.86. The molecule has 0 aromatic heterocycles. The lowest BCUT2D eigenvalue weighted by Gasteiger charge is -2.09. The largest absolute Gasteiger partial charge is 0.493 e. The van der Waals surface area contributed by atoms with Gasteiger partial charge in [-0.2, -0.15) is 0 Å². The molecule has 0 saturated heterocycles. The van der Waals surface area contributed by atoms with Crippen molar-refractivity contribution >= 4 is 12.0 Å². The van der Waals surface area contributed by atoms with Gasteiger partial charge in [-0.15, -0.1) is 0 Å². The predicted octanol–water partition coefficient (Wildman–Crippen LogP) is 1.74. The zero-order valence-corrected chi connectivity index (χ0v) is 9.63. The summed E-state index contributed by atoms with van der Waals surface area (Å²) in [5.41, 5.74) is 0.393. The van der Waals surface area contributed by atoms with Crippen molar-refractivity contribution in [2.75, 3.05) is 14.2 Å². The number of ether oxygens (including phenoxy) is 2. The maximum atomic E-state index is 10.9. The molecule has 0 fully saturated rings. The van der Waals surface area contributed by atoms with Gasteiger partial charge in [0, 0.05) is 12.0 Å². The molecule has 0 saturated carbocycles. The Bertz CT molecular complexity index is 430. The van der Waals surface area contributed by atoms with E-state index in [9.17, 15) is 14.9 Å². The van der Waals surface area contributed by atoms with Gasteiger partial charge < -0.3 is 14.3 Å². The molecule has 1 aromatic rings. The van der Waals surface area contributed by atoms with E-state index in [1.165, 1.54) is 26.4 Å². The topological polar surface area (TPSA) is 78.7 Å². The molecule has 6 heteroatoms. The molecule has 0 aliphatic heterocycles. The molecule has 17 heavy (non-hydrogen) atoms. The number of nitro benzene ring substituents is 1. The number of benzene rings is 1. The number of rotatable bonds is 6. The second kappa shape index (κ2) is 5.83. The minimum atomic E-state index is -0.498. The van der Waals surface area contributed by atoms with Crippen molar-refractivity contribution in [2.45, 2.75) is 12.8 Å². The summed E-state index contributed by atoms with van der Waals surface area (Å²) >= 11 is 0. The monoisotopic (exact) mass is 239 g/mol. The van der Waals surface area contributed by atoms with E-state index in [1.54, 1.807) is 0 Å². The van der Waals surface area contributed by atoms with Crippen molar-refractivity contribution in [3.05, 3.63) is 27.8 Å². The van der Waals surface area contributed by atoms with Gasteiger partial charge in [0.25, 0.3) is 5.69 Å². The molecule has 0 spiro atoms. The minimum Gasteiger partial charge on any atom is -0.493 e. The lowest BCUT2D eigenvalue weighted by atomic mass is 10.1. The first-order chi connectivity index (χ1) is 8.13. The zero-order chi connectivity index (χ0) is 12.8. The van der Waals surface area contributed by atoms with Crippen molar-refractivity contribution in [1.82, 2.24) is 0 Å². The quantitative estimate of drug-likeness (QED) is 0.429. The average molecular weight is 239 g/mol. The second-order valence-electron chi connectivity index (χ2n) is 3.30. The van der Waals surface area contributed by atoms with Gasteiger partial charge in [-0.05, 0) is 12.5 Å². The third-order valence-corrected chi connectivity index (χ3v) is 2.31. The van der Waals surface area contributed by atoms with E-state index in [1.807, 2.05) is 0 Å². The Kier molecular flexibility index (Phi) is 4.45. The van der Waals surface area contributed by atoms with E-state index in [2.05, 4.69) is 0 Å². The Morgan fingerprint density at radius 3 is 2.35 bits per heavy atom. The van der Waals surface area contributed by atoms with Gasteiger partial charge in [0.05, 0.1) is 25.2 Å². The smallest absolute Gasteiger partial charge is 0.276 e. The number of carbonyl (C=O) groups excluding carboxylic acids is 1. The van der Waals surface area contributed by atoms with Crippen LogP contribution in [0.4, 0.5) is 5.69 Å². The van der Waals surface area contributed by atoms with Gasteiger partial charge in [0.2, 0.25) is 0 Å². The van der Waals surface area contributed by atoms with Crippen molar-refractivity contribution in [3.63, 3.8) is 0 Å². The Morgan fingerprint density at radius 1 is 1.29 bits per heavy atom. The SMILES string of the molecule is COc1cc(CCC=O)c([N+](=O)[O-])cc1OC. The highest BCUT2D eigenvalue weighted by Crippen LogP contribution is 2.34. The standard InChI is InChI=1S/C11H13NO5/c1-16-10-6-8(4-3-5-13)9(12(14)15)7-11(10)17-2/h5-7H,3-4H2,1-2H3. The van der Waals surface area contributed by atoms with Crippen LogP contribution in [0.1, 0.15) is 12.0 Å². The molecule has 0 amide bonds. The molecule has 0 bridgehead atoms. The highest BCUT2D eigenvalue weighted by atomic mass is 16.6. The van der Waals surface area contributed by atoms with Crippen molar-refractivity contribution < 1.29 is 19.2 Å². The lowest BCUT2D eigenvalue weighted by molar-refractivity contribution is -0.385. The van der Waals surface area contributed by atoms with Crippen molar-refractivity contribution in [1.29, 1.82) is 0 Å². The summed E-state index contributed by atoms with van der Waals surface area (Å²) in [4.78, 5) is 20.7. The van der Waals surface area contributed by atoms with Crippen LogP contribution < -0.4 is 9.47 Å². The minimum absolute atomic E-state index is 0.0653. The number of methoxy groups -OCH3 is 2. The summed E-state index contributed by atoms with van der Waals surface area (Å²) in [6.45, 7) is 0. The molecule has 0 aliphatic rings. The number of nitrogens with zero attached hydrogens (tertiary/aromatic N) is 1. The first-order valence-electron chi connectivity index (χ1n) is 4.97. The maximum Gasteiger partial charge on any atom is 0.276 e. The van der Waals surface area contributed by atoms with E-state index in [0.29, 0.717) is 23.5 Å². The first kappa shape index (κ1) is 13.0. The Hall–Kier alpha value is -2.11. The van der Waals surface area contributed by atoms with Crippen LogP contribution in [0.25, 0.3) is 0 Å². The first-order valence-corrected chi connectivity index (χ1v) is 4.97. The van der Waals surface area contributed by atoms with Crippen LogP contribution in [0.3, 0.4) is 0 Å². The van der Waals surface area contributed by atoms with Gasteiger partial charge in [-0.25, -0.2) is 0 Å². The second-order valence-corrected chi connectivity index (χ2v) is 3.30. The van der Waals surface area contributed by atoms with E-state index in [4.69, 9.17) is 9.47 Å². The van der Waals surface area contributed by atoms with Gasteiger partial charge in [-0.3, -0.25) is 10.1 Å². The van der Waals surface area contributed by atoms with Gasteiger partial charge in [-0.1, -0.05) is 0 Å². The van der Waals surface area contributed by atoms with E-state index < -0.39 is 4.92 Å². The van der Waals surface area contributed by atoms with Gasteiger partial charge in [0.15, 0.2) is 11.5 Å². The zero-order valence-electron chi connectivity index (χ0n) is 9.63. The molecule has 0 atom stereocenters. The van der Waals surface area contributed by atoms with Gasteiger partial charge in [0.1, 0.15) is 6.29 Å². The number of aldehydes is 1. The molecule has 6 nitrogen and oxygen atoms in total. The predicted molar refractivity (Wildman–Crippen MR) is 60.6 cm³/mol. The Morgan fingerprint density at radius 2 is 1.88 bits per heavy atom. The Balaban J connectivity index is 3.24. The normalized spacial score (nSPS) is 9.76. The fourth-order valence-corrected chi connectivity index (χ4v) is 1.49. The molecular weight excluding hydrogens is 226 g/mol. The number of hydrogen-bond donors (Lipinski definition) is 0. The molecule has 0 heterocycles. The molecule has 0 aliphatic carbocycles. The highest BCUT2D eigenvalue weighted by molar-refractivity contribution is 5.56. The molecule has 0 unspecified atom stereocenters. The highest BCUT2D eigenvalue weighted by Gasteiger charge is 2.18. The summed E-state index contributed by atoms with van der Waals surface area (Å²) in [6, 6.07) is 2.83. The molecular formula is C11H13NO5. The van der Waals surface area contributed by atoms with Crippen LogP contribution in [0, 0.1) is 10.1 Å². The summed E-state index contributed by atoms with van der Waals surface area (Å²) in [5.74, 6) is 0.716. The lowest BCUT2D eigenvalue weighted by Crippen LogP contribution is -1.99. The van der Waals surface area contributed by atoms with Crippen LogP contribution >= 0.6 is 0 Å². The van der Waals surface area contributed by atoms with Crippen molar-refractivity contribution in [3.8, 4) is 11.5 Å². The van der Waals surface area contributed by atoms with Crippen LogP contribution in [0.15, 0.2) is 12.1 Å². The molecule has 1 rings (SSSR count). The van der Waals surface area contributed by atoms with Crippen molar-refractivity contribution in [2.24, 2.45) is 0 Å². The molecule has 0 radical (unpaired) electrons. The summed E-state index contributed by atoms with van der Waals surface area (Å²) < 4.78 is 10.0. The summed E-state index contributed by atoms with van der Waals surface area (Å²) in [6.07, 6.45) is 1.26.